The zero-order valence-electron chi connectivity index (χ0n) is 19.2. The van der Waals surface area contributed by atoms with E-state index in [0.29, 0.717) is 10.3 Å². The van der Waals surface area contributed by atoms with Crippen molar-refractivity contribution in [2.45, 2.75) is 34.1 Å². The molecule has 6 nitrogen and oxygen atoms in total. The lowest BCUT2D eigenvalue weighted by atomic mass is 9.98. The highest BCUT2D eigenvalue weighted by Gasteiger charge is 2.41. The molecule has 0 saturated carbocycles. The Morgan fingerprint density at radius 3 is 2.25 bits per heavy atom. The van der Waals surface area contributed by atoms with Gasteiger partial charge in [-0.2, -0.15) is 4.99 Å². The topological polar surface area (TPSA) is 70.9 Å². The molecular formula is C26H29N4O2+. The molecule has 1 atom stereocenters. The second-order valence-electron chi connectivity index (χ2n) is 9.04. The Hall–Kier alpha value is -3.38. The monoisotopic (exact) mass is 429 g/mol. The summed E-state index contributed by atoms with van der Waals surface area (Å²) in [5, 5.41) is 7.61. The van der Waals surface area contributed by atoms with E-state index in [1.165, 1.54) is 0 Å². The summed E-state index contributed by atoms with van der Waals surface area (Å²) < 4.78 is 0.331. The van der Waals surface area contributed by atoms with Gasteiger partial charge in [-0.1, -0.05) is 57.1 Å². The number of benzene rings is 2. The Kier molecular flexibility index (Phi) is 5.65. The molecule has 2 aromatic rings. The lowest BCUT2D eigenvalue weighted by Gasteiger charge is -2.26. The Morgan fingerprint density at radius 1 is 0.969 bits per heavy atom. The van der Waals surface area contributed by atoms with Crippen LogP contribution in [0.3, 0.4) is 0 Å². The number of amidine groups is 2. The zero-order valence-corrected chi connectivity index (χ0v) is 19.2. The van der Waals surface area contributed by atoms with Gasteiger partial charge >= 0.3 is 0 Å². The van der Waals surface area contributed by atoms with E-state index in [1.807, 2.05) is 24.3 Å². The number of nitrogens with zero attached hydrogens (tertiary/aromatic N) is 3. The van der Waals surface area contributed by atoms with Crippen LogP contribution in [0, 0.1) is 11.8 Å². The van der Waals surface area contributed by atoms with Crippen LogP contribution in [0.1, 0.15) is 39.7 Å². The molecule has 6 heteroatoms. The number of hydrogen-bond donors (Lipinski definition) is 1. The lowest BCUT2D eigenvalue weighted by molar-refractivity contribution is -0.121. The van der Waals surface area contributed by atoms with Crippen molar-refractivity contribution < 1.29 is 9.59 Å². The number of carbonyl (C=O) groups excluding carboxylic acids is 2. The van der Waals surface area contributed by atoms with Gasteiger partial charge in [0.2, 0.25) is 11.7 Å². The first kappa shape index (κ1) is 21.8. The number of aliphatic imine (C=N–C) groups is 1. The highest BCUT2D eigenvalue weighted by Crippen LogP contribution is 2.33. The van der Waals surface area contributed by atoms with E-state index in [1.54, 1.807) is 6.08 Å². The molecule has 1 unspecified atom stereocenters. The van der Waals surface area contributed by atoms with E-state index in [4.69, 9.17) is 10.1 Å². The SMILES string of the molecule is CC(C)C1=N[N+](C)(c2ccc(-c3ccccc3/C=C3\NC(=O)CC3=O)cc2)C(C(C)C)=N1. The molecule has 1 N–H and O–H groups in total. The van der Waals surface area contributed by atoms with Crippen molar-refractivity contribution in [1.29, 1.82) is 0 Å². The molecule has 164 valence electrons. The van der Waals surface area contributed by atoms with E-state index < -0.39 is 0 Å². The molecule has 0 aromatic heterocycles. The Labute approximate surface area is 188 Å². The molecule has 4 rings (SSSR count). The second-order valence-corrected chi connectivity index (χ2v) is 9.04. The predicted molar refractivity (Wildman–Crippen MR) is 130 cm³/mol. The summed E-state index contributed by atoms with van der Waals surface area (Å²) in [6.07, 6.45) is 1.67. The van der Waals surface area contributed by atoms with Crippen LogP contribution < -0.4 is 9.91 Å². The van der Waals surface area contributed by atoms with Crippen molar-refractivity contribution in [3.63, 3.8) is 0 Å². The average molecular weight is 430 g/mol. The zero-order chi connectivity index (χ0) is 23.0. The minimum atomic E-state index is -0.255. The fourth-order valence-corrected chi connectivity index (χ4v) is 4.15. The van der Waals surface area contributed by atoms with Gasteiger partial charge in [-0.05, 0) is 34.9 Å². The molecule has 32 heavy (non-hydrogen) atoms. The average Bonchev–Trinajstić information content (AvgIpc) is 3.28. The van der Waals surface area contributed by atoms with Crippen LogP contribution in [0.5, 0.6) is 0 Å². The largest absolute Gasteiger partial charge is 0.323 e. The molecule has 0 aliphatic carbocycles. The summed E-state index contributed by atoms with van der Waals surface area (Å²) in [6, 6.07) is 16.2. The van der Waals surface area contributed by atoms with E-state index in [-0.39, 0.29) is 29.9 Å². The number of rotatable bonds is 5. The minimum Gasteiger partial charge on any atom is -0.323 e. The van der Waals surface area contributed by atoms with Gasteiger partial charge in [0.25, 0.3) is 0 Å². The Balaban J connectivity index is 1.70. The summed E-state index contributed by atoms with van der Waals surface area (Å²) in [6.45, 7) is 8.52. The van der Waals surface area contributed by atoms with E-state index in [9.17, 15) is 9.59 Å². The van der Waals surface area contributed by atoms with Crippen LogP contribution in [-0.4, -0.2) is 30.4 Å². The molecule has 1 saturated heterocycles. The van der Waals surface area contributed by atoms with Crippen molar-refractivity contribution in [3.05, 3.63) is 59.8 Å². The van der Waals surface area contributed by atoms with E-state index >= 15 is 0 Å². The fourth-order valence-electron chi connectivity index (χ4n) is 4.15. The summed E-state index contributed by atoms with van der Waals surface area (Å²) in [5.74, 6) is 2.01. The van der Waals surface area contributed by atoms with Crippen molar-refractivity contribution in [3.8, 4) is 11.1 Å². The number of quaternary nitrogens is 1. The van der Waals surface area contributed by atoms with Crippen LogP contribution in [0.25, 0.3) is 17.2 Å². The summed E-state index contributed by atoms with van der Waals surface area (Å²) in [7, 11) is 2.08. The Bertz CT molecular complexity index is 1170. The first-order chi connectivity index (χ1) is 15.2. The standard InChI is InChI=1S/C26H28N4O2/c1-16(2)25-28-26(17(3)4)30(5,29-25)20-12-10-18(11-13-20)21-9-7-6-8-19(21)14-22-23(31)15-24(32)27-22/h6-14,16-17H,15H2,1-5H3/p+1/b22-14-. The number of nitrogens with one attached hydrogen (secondary N) is 1. The predicted octanol–water partition coefficient (Wildman–Crippen LogP) is 4.76. The van der Waals surface area contributed by atoms with Crippen molar-refractivity contribution in [2.75, 3.05) is 7.05 Å². The van der Waals surface area contributed by atoms with Crippen LogP contribution in [-0.2, 0) is 9.59 Å². The molecule has 1 amide bonds. The lowest BCUT2D eigenvalue weighted by Crippen LogP contribution is -2.45. The van der Waals surface area contributed by atoms with Crippen LogP contribution in [0.15, 0.2) is 64.3 Å². The third-order valence-corrected chi connectivity index (χ3v) is 5.85. The maximum absolute atomic E-state index is 12.0. The van der Waals surface area contributed by atoms with Gasteiger partial charge in [0.15, 0.2) is 17.3 Å². The van der Waals surface area contributed by atoms with E-state index in [2.05, 4.69) is 64.3 Å². The first-order valence-electron chi connectivity index (χ1n) is 11.0. The number of Topliss-reactive ketones (excluding diaryl/α,β-unsaturated/α-hetero) is 1. The highest BCUT2D eigenvalue weighted by molar-refractivity contribution is 6.17. The number of amides is 1. The van der Waals surface area contributed by atoms with Gasteiger partial charge in [0, 0.05) is 18.1 Å². The van der Waals surface area contributed by atoms with Gasteiger partial charge < -0.3 is 5.32 Å². The smallest absolute Gasteiger partial charge is 0.239 e. The normalized spacial score (nSPS) is 22.0. The van der Waals surface area contributed by atoms with Crippen LogP contribution in [0.4, 0.5) is 5.69 Å². The highest BCUT2D eigenvalue weighted by atomic mass is 16.2. The van der Waals surface area contributed by atoms with E-state index in [0.717, 1.165) is 34.0 Å². The molecule has 1 fully saturated rings. The minimum absolute atomic E-state index is 0.0855. The van der Waals surface area contributed by atoms with Gasteiger partial charge in [-0.15, -0.1) is 4.59 Å². The van der Waals surface area contributed by atoms with Gasteiger partial charge in [-0.3, -0.25) is 9.59 Å². The summed E-state index contributed by atoms with van der Waals surface area (Å²) >= 11 is 0. The quantitative estimate of drug-likeness (QED) is 0.423. The summed E-state index contributed by atoms with van der Waals surface area (Å²) in [5.41, 5.74) is 4.30. The molecule has 2 aromatic carbocycles. The number of allylic oxidation sites excluding steroid dienone is 1. The molecule has 2 aliphatic rings. The third kappa shape index (κ3) is 3.94. The van der Waals surface area contributed by atoms with Gasteiger partial charge in [0.05, 0.1) is 18.0 Å². The summed E-state index contributed by atoms with van der Waals surface area (Å²) in [4.78, 5) is 28.4. The van der Waals surface area contributed by atoms with Crippen molar-refractivity contribution in [1.82, 2.24) is 9.91 Å². The Morgan fingerprint density at radius 2 is 1.66 bits per heavy atom. The maximum atomic E-state index is 12.0. The number of hydrogen-bond acceptors (Lipinski definition) is 4. The third-order valence-electron chi connectivity index (χ3n) is 5.85. The van der Waals surface area contributed by atoms with Gasteiger partial charge in [-0.25, -0.2) is 0 Å². The molecular weight excluding hydrogens is 400 g/mol. The fraction of sp³-hybridized carbons (Fsp3) is 0.308. The van der Waals surface area contributed by atoms with Crippen LogP contribution >= 0.6 is 0 Å². The molecule has 0 bridgehead atoms. The number of ketones is 1. The first-order valence-corrected chi connectivity index (χ1v) is 11.0. The van der Waals surface area contributed by atoms with Crippen LogP contribution in [0.2, 0.25) is 0 Å². The molecule has 2 aliphatic heterocycles. The maximum Gasteiger partial charge on any atom is 0.239 e. The van der Waals surface area contributed by atoms with Crippen molar-refractivity contribution in [2.24, 2.45) is 21.9 Å². The second kappa shape index (κ2) is 8.28. The molecule has 0 radical (unpaired) electrons. The van der Waals surface area contributed by atoms with Gasteiger partial charge in [0.1, 0.15) is 7.05 Å². The number of carbonyl (C=O) groups is 2. The van der Waals surface area contributed by atoms with Crippen molar-refractivity contribution >= 4 is 35.1 Å². The molecule has 2 heterocycles. The molecule has 0 spiro atoms.